The van der Waals surface area contributed by atoms with Crippen molar-refractivity contribution in [1.82, 2.24) is 9.13 Å². The maximum absolute atomic E-state index is 2.42. The maximum atomic E-state index is 2.42. The Bertz CT molecular complexity index is 2110. The minimum atomic E-state index is 1.09. The molecule has 8 rings (SSSR count). The van der Waals surface area contributed by atoms with E-state index in [-0.39, 0.29) is 0 Å². The Kier molecular flexibility index (Phi) is 4.68. The molecule has 2 heterocycles. The summed E-state index contributed by atoms with van der Waals surface area (Å²) in [5.41, 5.74) is 8.64. The summed E-state index contributed by atoms with van der Waals surface area (Å²) in [6.07, 6.45) is 6.99. The van der Waals surface area contributed by atoms with Crippen molar-refractivity contribution in [3.05, 3.63) is 132 Å². The van der Waals surface area contributed by atoms with E-state index in [9.17, 15) is 0 Å². The van der Waals surface area contributed by atoms with Crippen LogP contribution in [0.1, 0.15) is 12.8 Å². The van der Waals surface area contributed by atoms with Gasteiger partial charge < -0.3 is 9.13 Å². The number of nitrogens with zero attached hydrogens (tertiary/aromatic N) is 2. The Morgan fingerprint density at radius 3 is 1.71 bits per heavy atom. The van der Waals surface area contributed by atoms with Crippen LogP contribution in [-0.4, -0.2) is 9.13 Å². The third-order valence-electron chi connectivity index (χ3n) is 7.93. The van der Waals surface area contributed by atoms with E-state index in [0.29, 0.717) is 0 Å². The SMILES string of the molecule is C1=c2c(n(-c3ccccc3)c3ccc(-c4ccc5c(c4)c4ccccc4n5-c4ccccc4)cc23)=CCC1. The van der Waals surface area contributed by atoms with Gasteiger partial charge in [-0.05, 0) is 78.6 Å². The summed E-state index contributed by atoms with van der Waals surface area (Å²) in [4.78, 5) is 0. The molecular weight excluding hydrogens is 460 g/mol. The zero-order valence-electron chi connectivity index (χ0n) is 21.0. The largest absolute Gasteiger partial charge is 0.310 e. The minimum Gasteiger partial charge on any atom is -0.310 e. The molecule has 0 bridgehead atoms. The van der Waals surface area contributed by atoms with Crippen molar-refractivity contribution >= 4 is 44.9 Å². The second kappa shape index (κ2) is 8.36. The fourth-order valence-electron chi connectivity index (χ4n) is 6.24. The van der Waals surface area contributed by atoms with E-state index >= 15 is 0 Å². The van der Waals surface area contributed by atoms with Crippen molar-refractivity contribution < 1.29 is 0 Å². The van der Waals surface area contributed by atoms with E-state index in [4.69, 9.17) is 0 Å². The van der Waals surface area contributed by atoms with Crippen LogP contribution in [0.25, 0.3) is 67.4 Å². The molecule has 5 aromatic carbocycles. The van der Waals surface area contributed by atoms with Gasteiger partial charge in [0.2, 0.25) is 0 Å². The molecular formula is C36H26N2. The molecule has 1 aliphatic rings. The number of hydrogen-bond donors (Lipinski definition) is 0. The number of aromatic nitrogens is 2. The van der Waals surface area contributed by atoms with Crippen LogP contribution < -0.4 is 10.6 Å². The van der Waals surface area contributed by atoms with Gasteiger partial charge in [-0.1, -0.05) is 78.9 Å². The van der Waals surface area contributed by atoms with Crippen LogP contribution in [-0.2, 0) is 0 Å². The quantitative estimate of drug-likeness (QED) is 0.242. The van der Waals surface area contributed by atoms with E-state index in [1.54, 1.807) is 0 Å². The number of benzene rings is 5. The van der Waals surface area contributed by atoms with E-state index < -0.39 is 0 Å². The lowest BCUT2D eigenvalue weighted by Gasteiger charge is -2.09. The Morgan fingerprint density at radius 2 is 0.974 bits per heavy atom. The van der Waals surface area contributed by atoms with Crippen LogP contribution in [0.4, 0.5) is 0 Å². The average Bonchev–Trinajstić information content (AvgIpc) is 3.50. The summed E-state index contributed by atoms with van der Waals surface area (Å²) in [5, 5.41) is 6.56. The van der Waals surface area contributed by atoms with Gasteiger partial charge >= 0.3 is 0 Å². The third kappa shape index (κ3) is 3.13. The van der Waals surface area contributed by atoms with Crippen LogP contribution in [0, 0.1) is 0 Å². The topological polar surface area (TPSA) is 9.86 Å². The summed E-state index contributed by atoms with van der Waals surface area (Å²) in [6, 6.07) is 44.0. The smallest absolute Gasteiger partial charge is 0.0541 e. The first-order valence-electron chi connectivity index (χ1n) is 13.4. The molecule has 38 heavy (non-hydrogen) atoms. The van der Waals surface area contributed by atoms with Crippen molar-refractivity contribution in [2.75, 3.05) is 0 Å². The molecule has 0 N–H and O–H groups in total. The highest BCUT2D eigenvalue weighted by molar-refractivity contribution is 6.10. The predicted molar refractivity (Wildman–Crippen MR) is 160 cm³/mol. The van der Waals surface area contributed by atoms with E-state index in [1.807, 2.05) is 0 Å². The molecule has 180 valence electrons. The van der Waals surface area contributed by atoms with Crippen LogP contribution >= 0.6 is 0 Å². The Labute approximate surface area is 221 Å². The van der Waals surface area contributed by atoms with Crippen molar-refractivity contribution in [2.24, 2.45) is 0 Å². The number of rotatable bonds is 3. The zero-order chi connectivity index (χ0) is 25.1. The standard InChI is InChI=1S/C36H26N2/c1-3-11-27(12-4-1)37-33-17-9-7-15-29(33)31-23-25(19-21-35(31)37)26-20-22-36-32(24-26)30-16-8-10-18-34(30)38(36)28-13-5-2-6-14-28/h1-7,9,11-24H,8,10H2. The maximum Gasteiger partial charge on any atom is 0.0541 e. The van der Waals surface area contributed by atoms with Gasteiger partial charge in [0.05, 0.1) is 16.6 Å². The van der Waals surface area contributed by atoms with Gasteiger partial charge in [-0.15, -0.1) is 0 Å². The fraction of sp³-hybridized carbons (Fsp3) is 0.0556. The number of fused-ring (bicyclic) bond motifs is 6. The highest BCUT2D eigenvalue weighted by Crippen LogP contribution is 2.35. The average molecular weight is 487 g/mol. The van der Waals surface area contributed by atoms with Gasteiger partial charge in [-0.3, -0.25) is 0 Å². The second-order valence-electron chi connectivity index (χ2n) is 10.1. The molecule has 2 aromatic heterocycles. The first kappa shape index (κ1) is 21.3. The Morgan fingerprint density at radius 1 is 0.421 bits per heavy atom. The summed E-state index contributed by atoms with van der Waals surface area (Å²) < 4.78 is 4.79. The highest BCUT2D eigenvalue weighted by atomic mass is 15.0. The van der Waals surface area contributed by atoms with Crippen molar-refractivity contribution in [1.29, 1.82) is 0 Å². The van der Waals surface area contributed by atoms with Gasteiger partial charge in [-0.2, -0.15) is 0 Å². The molecule has 0 unspecified atom stereocenters. The summed E-state index contributed by atoms with van der Waals surface area (Å²) in [6.45, 7) is 0. The summed E-state index contributed by atoms with van der Waals surface area (Å²) in [5.74, 6) is 0. The van der Waals surface area contributed by atoms with Gasteiger partial charge in [0.1, 0.15) is 0 Å². The van der Waals surface area contributed by atoms with Crippen LogP contribution in [0.2, 0.25) is 0 Å². The van der Waals surface area contributed by atoms with Crippen molar-refractivity contribution in [3.8, 4) is 22.5 Å². The summed E-state index contributed by atoms with van der Waals surface area (Å²) in [7, 11) is 0. The molecule has 7 aromatic rings. The molecule has 0 saturated heterocycles. The lowest BCUT2D eigenvalue weighted by atomic mass is 10.0. The van der Waals surface area contributed by atoms with Crippen LogP contribution in [0.15, 0.2) is 121 Å². The second-order valence-corrected chi connectivity index (χ2v) is 10.1. The molecule has 0 aliphatic heterocycles. The van der Waals surface area contributed by atoms with Gasteiger partial charge in [0.25, 0.3) is 0 Å². The number of para-hydroxylation sites is 3. The Hall–Kier alpha value is -4.82. The molecule has 2 nitrogen and oxygen atoms in total. The van der Waals surface area contributed by atoms with Crippen LogP contribution in [0.3, 0.4) is 0 Å². The third-order valence-corrected chi connectivity index (χ3v) is 7.93. The molecule has 0 saturated carbocycles. The van der Waals surface area contributed by atoms with Gasteiger partial charge in [0, 0.05) is 38.1 Å². The normalized spacial score (nSPS) is 12.9. The molecule has 2 heteroatoms. The van der Waals surface area contributed by atoms with E-state index in [1.165, 1.54) is 65.8 Å². The van der Waals surface area contributed by atoms with Gasteiger partial charge in [-0.25, -0.2) is 0 Å². The fourth-order valence-corrected chi connectivity index (χ4v) is 6.24. The number of hydrogen-bond acceptors (Lipinski definition) is 0. The lowest BCUT2D eigenvalue weighted by molar-refractivity contribution is 1.02. The van der Waals surface area contributed by atoms with Crippen LogP contribution in [0.5, 0.6) is 0 Å². The van der Waals surface area contributed by atoms with E-state index in [2.05, 4.69) is 143 Å². The highest BCUT2D eigenvalue weighted by Gasteiger charge is 2.15. The summed E-state index contributed by atoms with van der Waals surface area (Å²) >= 11 is 0. The predicted octanol–water partition coefficient (Wildman–Crippen LogP) is 7.75. The molecule has 0 radical (unpaired) electrons. The monoisotopic (exact) mass is 486 g/mol. The molecule has 0 fully saturated rings. The van der Waals surface area contributed by atoms with Crippen molar-refractivity contribution in [3.63, 3.8) is 0 Å². The van der Waals surface area contributed by atoms with E-state index in [0.717, 1.165) is 12.8 Å². The van der Waals surface area contributed by atoms with Crippen molar-refractivity contribution in [2.45, 2.75) is 12.8 Å². The van der Waals surface area contributed by atoms with Gasteiger partial charge in [0.15, 0.2) is 0 Å². The molecule has 0 atom stereocenters. The zero-order valence-corrected chi connectivity index (χ0v) is 21.0. The minimum absolute atomic E-state index is 1.09. The molecule has 0 spiro atoms. The molecule has 0 amide bonds. The Balaban J connectivity index is 1.36. The molecule has 1 aliphatic carbocycles. The first-order chi connectivity index (χ1) is 18.9. The first-order valence-corrected chi connectivity index (χ1v) is 13.4. The lowest BCUT2D eigenvalue weighted by Crippen LogP contribution is -2.30.